The first-order valence-corrected chi connectivity index (χ1v) is 6.93. The van der Waals surface area contributed by atoms with Gasteiger partial charge in [0.05, 0.1) is 5.92 Å². The van der Waals surface area contributed by atoms with Gasteiger partial charge in [-0.25, -0.2) is 4.68 Å². The molecule has 7 nitrogen and oxygen atoms in total. The zero-order chi connectivity index (χ0) is 16.0. The topological polar surface area (TPSA) is 92.5 Å². The van der Waals surface area contributed by atoms with Crippen LogP contribution in [0.4, 0.5) is 0 Å². The van der Waals surface area contributed by atoms with Gasteiger partial charge in [0.2, 0.25) is 0 Å². The average Bonchev–Trinajstić information content (AvgIpc) is 2.45. The van der Waals surface area contributed by atoms with Gasteiger partial charge >= 0.3 is 5.97 Å². The molecule has 0 saturated carbocycles. The van der Waals surface area contributed by atoms with Crippen LogP contribution in [-0.4, -0.2) is 45.3 Å². The number of carbonyl (C=O) groups is 2. The van der Waals surface area contributed by atoms with Gasteiger partial charge in [-0.15, -0.1) is 0 Å². The minimum atomic E-state index is -0.962. The number of aromatic nitrogens is 2. The monoisotopic (exact) mass is 295 g/mol. The zero-order valence-corrected chi connectivity index (χ0v) is 12.6. The molecule has 1 amide bonds. The Morgan fingerprint density at radius 3 is 2.67 bits per heavy atom. The molecule has 1 heterocycles. The predicted molar refractivity (Wildman–Crippen MR) is 77.2 cm³/mol. The largest absolute Gasteiger partial charge is 0.481 e. The summed E-state index contributed by atoms with van der Waals surface area (Å²) in [5, 5.41) is 12.9. The fourth-order valence-electron chi connectivity index (χ4n) is 1.80. The van der Waals surface area contributed by atoms with Crippen molar-refractivity contribution in [3.05, 3.63) is 28.2 Å². The second kappa shape index (κ2) is 7.56. The molecule has 0 aromatic carbocycles. The summed E-state index contributed by atoms with van der Waals surface area (Å²) in [5.41, 5.74) is -0.104. The van der Waals surface area contributed by atoms with E-state index in [9.17, 15) is 14.4 Å². The molecule has 1 N–H and O–H groups in total. The lowest BCUT2D eigenvalue weighted by Gasteiger charge is -2.19. The van der Waals surface area contributed by atoms with E-state index in [0.717, 1.165) is 12.8 Å². The fraction of sp³-hybridized carbons (Fsp3) is 0.571. The lowest BCUT2D eigenvalue weighted by Crippen LogP contribution is -2.35. The van der Waals surface area contributed by atoms with E-state index in [0.29, 0.717) is 6.54 Å². The number of carbonyl (C=O) groups excluding carboxylic acids is 1. The minimum absolute atomic E-state index is 0.0872. The van der Waals surface area contributed by atoms with Crippen molar-refractivity contribution < 1.29 is 14.7 Å². The van der Waals surface area contributed by atoms with Crippen molar-refractivity contribution in [1.82, 2.24) is 14.7 Å². The highest BCUT2D eigenvalue weighted by atomic mass is 16.4. The number of unbranched alkanes of at least 4 members (excludes halogenated alkanes) is 1. The summed E-state index contributed by atoms with van der Waals surface area (Å²) in [6, 6.07) is 2.68. The molecule has 0 spiro atoms. The van der Waals surface area contributed by atoms with Gasteiger partial charge in [0, 0.05) is 26.2 Å². The maximum atomic E-state index is 12.2. The van der Waals surface area contributed by atoms with Crippen molar-refractivity contribution in [1.29, 1.82) is 0 Å². The summed E-state index contributed by atoms with van der Waals surface area (Å²) < 4.78 is 1.27. The van der Waals surface area contributed by atoms with E-state index in [1.807, 2.05) is 6.92 Å². The Hall–Kier alpha value is -2.18. The van der Waals surface area contributed by atoms with E-state index in [1.54, 1.807) is 0 Å². The Balaban J connectivity index is 2.86. The van der Waals surface area contributed by atoms with Gasteiger partial charge in [-0.2, -0.15) is 5.10 Å². The van der Waals surface area contributed by atoms with Crippen molar-refractivity contribution in [2.75, 3.05) is 13.6 Å². The van der Waals surface area contributed by atoms with Crippen LogP contribution in [0.5, 0.6) is 0 Å². The maximum absolute atomic E-state index is 12.2. The second-order valence-corrected chi connectivity index (χ2v) is 5.06. The molecule has 0 saturated heterocycles. The summed E-state index contributed by atoms with van der Waals surface area (Å²) in [6.07, 6.45) is 1.72. The fourth-order valence-corrected chi connectivity index (χ4v) is 1.80. The van der Waals surface area contributed by atoms with Crippen LogP contribution >= 0.6 is 0 Å². The lowest BCUT2D eigenvalue weighted by molar-refractivity contribution is -0.141. The molecule has 0 bridgehead atoms. The normalized spacial score (nSPS) is 12.0. The van der Waals surface area contributed by atoms with Gasteiger partial charge in [-0.05, 0) is 12.5 Å². The van der Waals surface area contributed by atoms with Crippen molar-refractivity contribution >= 4 is 11.9 Å². The smallest absolute Gasteiger partial charge is 0.308 e. The van der Waals surface area contributed by atoms with Gasteiger partial charge in [-0.3, -0.25) is 14.4 Å². The van der Waals surface area contributed by atoms with Crippen LogP contribution in [0.3, 0.4) is 0 Å². The molecule has 0 radical (unpaired) electrons. The number of nitrogens with zero attached hydrogens (tertiary/aromatic N) is 3. The van der Waals surface area contributed by atoms with Crippen LogP contribution in [-0.2, 0) is 11.3 Å². The van der Waals surface area contributed by atoms with Crippen molar-refractivity contribution in [3.63, 3.8) is 0 Å². The molecule has 1 rings (SSSR count). The van der Waals surface area contributed by atoms with Crippen molar-refractivity contribution in [2.24, 2.45) is 5.92 Å². The van der Waals surface area contributed by atoms with Gasteiger partial charge in [-0.1, -0.05) is 20.3 Å². The molecule has 0 aliphatic carbocycles. The van der Waals surface area contributed by atoms with E-state index < -0.39 is 17.8 Å². The number of rotatable bonds is 7. The van der Waals surface area contributed by atoms with Gasteiger partial charge in [0.15, 0.2) is 0 Å². The van der Waals surface area contributed by atoms with Crippen LogP contribution in [0.25, 0.3) is 0 Å². The summed E-state index contributed by atoms with van der Waals surface area (Å²) in [5.74, 6) is -2.02. The number of carboxylic acids is 1. The van der Waals surface area contributed by atoms with Crippen LogP contribution in [0.2, 0.25) is 0 Å². The van der Waals surface area contributed by atoms with Gasteiger partial charge in [0.25, 0.3) is 11.5 Å². The molecule has 1 atom stereocenters. The maximum Gasteiger partial charge on any atom is 0.308 e. The van der Waals surface area contributed by atoms with E-state index in [1.165, 1.54) is 35.7 Å². The number of aliphatic carboxylic acids is 1. The molecule has 7 heteroatoms. The summed E-state index contributed by atoms with van der Waals surface area (Å²) in [7, 11) is 1.52. The third-order valence-electron chi connectivity index (χ3n) is 3.13. The molecule has 0 aliphatic heterocycles. The van der Waals surface area contributed by atoms with Crippen LogP contribution < -0.4 is 5.56 Å². The average molecular weight is 295 g/mol. The Kier molecular flexibility index (Phi) is 6.08. The number of hydrogen-bond donors (Lipinski definition) is 1. The third kappa shape index (κ3) is 4.70. The first-order chi connectivity index (χ1) is 9.86. The van der Waals surface area contributed by atoms with E-state index >= 15 is 0 Å². The number of carboxylic acid groups (broad SMARTS) is 1. The molecule has 1 aromatic rings. The molecule has 1 aromatic heterocycles. The number of amides is 1. The molecule has 116 valence electrons. The lowest BCUT2D eigenvalue weighted by atomic mass is 10.1. The minimum Gasteiger partial charge on any atom is -0.481 e. The summed E-state index contributed by atoms with van der Waals surface area (Å²) >= 11 is 0. The molecule has 1 unspecified atom stereocenters. The Labute approximate surface area is 123 Å². The van der Waals surface area contributed by atoms with Gasteiger partial charge < -0.3 is 10.0 Å². The summed E-state index contributed by atoms with van der Waals surface area (Å²) in [4.78, 5) is 35.9. The highest BCUT2D eigenvalue weighted by Crippen LogP contribution is 2.03. The van der Waals surface area contributed by atoms with Crippen LogP contribution in [0.15, 0.2) is 16.9 Å². The van der Waals surface area contributed by atoms with Crippen molar-refractivity contribution in [3.8, 4) is 0 Å². The third-order valence-corrected chi connectivity index (χ3v) is 3.13. The number of aryl methyl sites for hydroxylation is 1. The van der Waals surface area contributed by atoms with E-state index in [-0.39, 0.29) is 17.8 Å². The second-order valence-electron chi connectivity index (χ2n) is 5.06. The molecule has 0 aliphatic rings. The molecular formula is C14H21N3O4. The molecular weight excluding hydrogens is 274 g/mol. The van der Waals surface area contributed by atoms with E-state index in [2.05, 4.69) is 5.10 Å². The van der Waals surface area contributed by atoms with Crippen LogP contribution in [0.1, 0.15) is 37.2 Å². The molecule has 0 fully saturated rings. The highest BCUT2D eigenvalue weighted by Gasteiger charge is 2.20. The van der Waals surface area contributed by atoms with Crippen molar-refractivity contribution in [2.45, 2.75) is 33.2 Å². The predicted octanol–water partition coefficient (Wildman–Crippen LogP) is 0.836. The van der Waals surface area contributed by atoms with E-state index in [4.69, 9.17) is 5.11 Å². The zero-order valence-electron chi connectivity index (χ0n) is 12.6. The van der Waals surface area contributed by atoms with Gasteiger partial charge in [0.1, 0.15) is 5.69 Å². The Bertz CT molecular complexity index is 568. The summed E-state index contributed by atoms with van der Waals surface area (Å²) in [6.45, 7) is 4.08. The molecule has 21 heavy (non-hydrogen) atoms. The van der Waals surface area contributed by atoms with Crippen LogP contribution in [0, 0.1) is 5.92 Å². The Morgan fingerprint density at radius 1 is 1.43 bits per heavy atom. The number of hydrogen-bond acceptors (Lipinski definition) is 4. The Morgan fingerprint density at radius 2 is 2.10 bits per heavy atom. The first-order valence-electron chi connectivity index (χ1n) is 6.93. The SMILES string of the molecule is CCCCn1nc(C(=O)N(C)CC(C)C(=O)O)ccc1=O. The first kappa shape index (κ1) is 16.9. The highest BCUT2D eigenvalue weighted by molar-refractivity contribution is 5.92. The quantitative estimate of drug-likeness (QED) is 0.804. The standard InChI is InChI=1S/C14H21N3O4/c1-4-5-8-17-12(18)7-6-11(15-17)13(19)16(3)9-10(2)14(20)21/h6-7,10H,4-5,8-9H2,1-3H3,(H,20,21).